The number of phenolic OH excluding ortho intramolecular Hbond substituents is 1. The summed E-state index contributed by atoms with van der Waals surface area (Å²) in [4.78, 5) is 23.4. The average molecular weight is 276 g/mol. The van der Waals surface area contributed by atoms with Crippen molar-refractivity contribution in [2.24, 2.45) is 5.92 Å². The first kappa shape index (κ1) is 12.5. The Balaban J connectivity index is 2.26. The van der Waals surface area contributed by atoms with Gasteiger partial charge in [-0.25, -0.2) is 0 Å². The highest BCUT2D eigenvalue weighted by Crippen LogP contribution is 2.39. The van der Waals surface area contributed by atoms with E-state index >= 15 is 0 Å². The molecular formula is C14H12O6. The van der Waals surface area contributed by atoms with Gasteiger partial charge in [-0.05, 0) is 12.1 Å². The molecule has 1 fully saturated rings. The van der Waals surface area contributed by atoms with Crippen molar-refractivity contribution < 1.29 is 24.2 Å². The molecule has 0 saturated carbocycles. The Kier molecular flexibility index (Phi) is 2.67. The second-order valence-electron chi connectivity index (χ2n) is 4.89. The lowest BCUT2D eigenvalue weighted by Gasteiger charge is -2.14. The quantitative estimate of drug-likeness (QED) is 0.771. The van der Waals surface area contributed by atoms with E-state index in [0.29, 0.717) is 0 Å². The van der Waals surface area contributed by atoms with E-state index in [1.165, 1.54) is 18.2 Å². The summed E-state index contributed by atoms with van der Waals surface area (Å²) in [5.41, 5.74) is -0.604. The number of hydrogen-bond acceptors (Lipinski definition) is 6. The summed E-state index contributed by atoms with van der Waals surface area (Å²) in [6.45, 7) is 1.77. The van der Waals surface area contributed by atoms with Gasteiger partial charge in [0.25, 0.3) is 0 Å². The monoisotopic (exact) mass is 276 g/mol. The zero-order valence-electron chi connectivity index (χ0n) is 10.6. The fourth-order valence-electron chi connectivity index (χ4n) is 2.41. The molecule has 1 aliphatic rings. The Bertz CT molecular complexity index is 760. The summed E-state index contributed by atoms with van der Waals surface area (Å²) in [6.07, 6.45) is -0.590. The van der Waals surface area contributed by atoms with Crippen molar-refractivity contribution in [3.63, 3.8) is 0 Å². The van der Waals surface area contributed by atoms with Gasteiger partial charge in [-0.1, -0.05) is 13.0 Å². The summed E-state index contributed by atoms with van der Waals surface area (Å²) < 4.78 is 10.6. The van der Waals surface area contributed by atoms with Crippen LogP contribution >= 0.6 is 0 Å². The molecule has 2 N–H and O–H groups in total. The van der Waals surface area contributed by atoms with Gasteiger partial charge in [-0.3, -0.25) is 9.59 Å². The third-order valence-electron chi connectivity index (χ3n) is 3.42. The van der Waals surface area contributed by atoms with E-state index in [4.69, 9.17) is 9.15 Å². The molecule has 20 heavy (non-hydrogen) atoms. The number of esters is 1. The summed E-state index contributed by atoms with van der Waals surface area (Å²) >= 11 is 0. The van der Waals surface area contributed by atoms with Crippen molar-refractivity contribution in [1.82, 2.24) is 0 Å². The maximum Gasteiger partial charge on any atom is 0.306 e. The lowest BCUT2D eigenvalue weighted by molar-refractivity contribution is -0.142. The number of carbonyl (C=O) groups excluding carboxylic acids is 1. The minimum atomic E-state index is -0.790. The normalized spacial score (nSPS) is 22.1. The third kappa shape index (κ3) is 1.72. The van der Waals surface area contributed by atoms with E-state index in [1.54, 1.807) is 6.92 Å². The molecule has 1 aliphatic heterocycles. The Morgan fingerprint density at radius 3 is 2.65 bits per heavy atom. The number of fused-ring (bicyclic) bond motifs is 1. The zero-order chi connectivity index (χ0) is 14.4. The van der Waals surface area contributed by atoms with Crippen LogP contribution in [0.15, 0.2) is 27.4 Å². The molecule has 2 heterocycles. The number of hydrogen-bond donors (Lipinski definition) is 2. The van der Waals surface area contributed by atoms with Crippen LogP contribution in [-0.4, -0.2) is 16.2 Å². The first-order valence-electron chi connectivity index (χ1n) is 6.16. The van der Waals surface area contributed by atoms with Gasteiger partial charge in [0.1, 0.15) is 16.7 Å². The molecule has 2 atom stereocenters. The fourth-order valence-corrected chi connectivity index (χ4v) is 2.41. The van der Waals surface area contributed by atoms with E-state index in [-0.39, 0.29) is 34.8 Å². The van der Waals surface area contributed by atoms with Crippen molar-refractivity contribution in [3.8, 4) is 11.5 Å². The van der Waals surface area contributed by atoms with Gasteiger partial charge in [0.2, 0.25) is 11.2 Å². The number of rotatable bonds is 1. The molecule has 6 nitrogen and oxygen atoms in total. The highest BCUT2D eigenvalue weighted by atomic mass is 16.6. The molecule has 0 radical (unpaired) electrons. The van der Waals surface area contributed by atoms with E-state index in [0.717, 1.165) is 0 Å². The van der Waals surface area contributed by atoms with Crippen LogP contribution in [0.25, 0.3) is 11.0 Å². The molecule has 1 saturated heterocycles. The molecule has 0 bridgehead atoms. The predicted octanol–water partition coefficient (Wildman–Crippen LogP) is 1.83. The number of cyclic esters (lactones) is 1. The molecule has 2 unspecified atom stereocenters. The molecule has 2 aromatic rings. The molecule has 1 aromatic heterocycles. The number of carbonyl (C=O) groups is 1. The highest BCUT2D eigenvalue weighted by molar-refractivity contribution is 5.84. The van der Waals surface area contributed by atoms with E-state index in [9.17, 15) is 19.8 Å². The second kappa shape index (κ2) is 4.26. The maximum atomic E-state index is 12.1. The van der Waals surface area contributed by atoms with Crippen LogP contribution in [0.1, 0.15) is 25.2 Å². The van der Waals surface area contributed by atoms with Crippen molar-refractivity contribution >= 4 is 16.9 Å². The van der Waals surface area contributed by atoms with E-state index < -0.39 is 23.3 Å². The van der Waals surface area contributed by atoms with Gasteiger partial charge in [-0.2, -0.15) is 0 Å². The minimum absolute atomic E-state index is 0.0774. The van der Waals surface area contributed by atoms with Crippen molar-refractivity contribution in [2.45, 2.75) is 19.4 Å². The van der Waals surface area contributed by atoms with Gasteiger partial charge in [0.05, 0.1) is 6.42 Å². The maximum absolute atomic E-state index is 12.1. The van der Waals surface area contributed by atoms with Gasteiger partial charge in [0.15, 0.2) is 11.9 Å². The number of aromatic hydroxyl groups is 2. The van der Waals surface area contributed by atoms with Crippen molar-refractivity contribution in [2.75, 3.05) is 0 Å². The fraction of sp³-hybridized carbons (Fsp3) is 0.286. The first-order valence-corrected chi connectivity index (χ1v) is 6.16. The molecule has 6 heteroatoms. The van der Waals surface area contributed by atoms with Crippen LogP contribution in [0.5, 0.6) is 11.5 Å². The number of phenols is 1. The minimum Gasteiger partial charge on any atom is -0.507 e. The zero-order valence-corrected chi connectivity index (χ0v) is 10.6. The summed E-state index contributed by atoms with van der Waals surface area (Å²) in [7, 11) is 0. The van der Waals surface area contributed by atoms with Gasteiger partial charge in [-0.15, -0.1) is 0 Å². The van der Waals surface area contributed by atoms with Crippen molar-refractivity contribution in [3.05, 3.63) is 34.2 Å². The summed E-state index contributed by atoms with van der Waals surface area (Å²) in [5, 5.41) is 19.6. The average Bonchev–Trinajstić information content (AvgIpc) is 2.72. The van der Waals surface area contributed by atoms with E-state index in [1.807, 2.05) is 0 Å². The SMILES string of the molecule is CC1CC(=O)OC1c1oc2cccc(O)c2c(=O)c1O. The van der Waals surface area contributed by atoms with Crippen LogP contribution < -0.4 is 5.43 Å². The van der Waals surface area contributed by atoms with Gasteiger partial charge < -0.3 is 19.4 Å². The predicted molar refractivity (Wildman–Crippen MR) is 68.4 cm³/mol. The summed E-state index contributed by atoms with van der Waals surface area (Å²) in [6, 6.07) is 4.35. The topological polar surface area (TPSA) is 97.0 Å². The van der Waals surface area contributed by atoms with Crippen molar-refractivity contribution in [1.29, 1.82) is 0 Å². The Morgan fingerprint density at radius 1 is 1.25 bits per heavy atom. The third-order valence-corrected chi connectivity index (χ3v) is 3.42. The molecule has 1 aromatic carbocycles. The molecule has 0 spiro atoms. The Morgan fingerprint density at radius 2 is 2.00 bits per heavy atom. The lowest BCUT2D eigenvalue weighted by Crippen LogP contribution is -2.11. The first-order chi connectivity index (χ1) is 9.49. The van der Waals surface area contributed by atoms with Gasteiger partial charge in [0, 0.05) is 5.92 Å². The van der Waals surface area contributed by atoms with Crippen LogP contribution in [0, 0.1) is 5.92 Å². The highest BCUT2D eigenvalue weighted by Gasteiger charge is 2.37. The van der Waals surface area contributed by atoms with Crippen LogP contribution in [-0.2, 0) is 9.53 Å². The molecule has 3 rings (SSSR count). The smallest absolute Gasteiger partial charge is 0.306 e. The van der Waals surface area contributed by atoms with E-state index in [2.05, 4.69) is 0 Å². The molecule has 0 aliphatic carbocycles. The van der Waals surface area contributed by atoms with Crippen LogP contribution in [0.4, 0.5) is 0 Å². The Hall–Kier alpha value is -2.50. The van der Waals surface area contributed by atoms with Crippen LogP contribution in [0.2, 0.25) is 0 Å². The molecular weight excluding hydrogens is 264 g/mol. The molecule has 104 valence electrons. The largest absolute Gasteiger partial charge is 0.507 e. The lowest BCUT2D eigenvalue weighted by atomic mass is 10.0. The summed E-state index contributed by atoms with van der Waals surface area (Å²) in [5.74, 6) is -1.58. The number of benzene rings is 1. The second-order valence-corrected chi connectivity index (χ2v) is 4.89. The number of ether oxygens (including phenoxy) is 1. The Labute approximate surface area is 113 Å². The molecule has 0 amide bonds. The van der Waals surface area contributed by atoms with Crippen LogP contribution in [0.3, 0.4) is 0 Å². The standard InChI is InChI=1S/C14H12O6/c1-6-5-9(16)20-13(6)14-12(18)11(17)10-7(15)3-2-4-8(10)19-14/h2-4,6,13,15,18H,5H2,1H3. The van der Waals surface area contributed by atoms with Gasteiger partial charge >= 0.3 is 5.97 Å².